The lowest BCUT2D eigenvalue weighted by molar-refractivity contribution is -0.109. The first-order valence-electron chi connectivity index (χ1n) is 23.9. The molecule has 0 radical (unpaired) electrons. The van der Waals surface area contributed by atoms with Gasteiger partial charge in [0.05, 0.1) is 35.5 Å². The summed E-state index contributed by atoms with van der Waals surface area (Å²) in [5.74, 6) is 0.664. The van der Waals surface area contributed by atoms with E-state index in [0.717, 1.165) is 37.9 Å². The molecular weight excluding hydrogens is 881 g/mol. The summed E-state index contributed by atoms with van der Waals surface area (Å²) in [5, 5.41) is 0.193. The van der Waals surface area contributed by atoms with Crippen molar-refractivity contribution in [1.29, 1.82) is 0 Å². The highest BCUT2D eigenvalue weighted by atomic mass is 32.2. The van der Waals surface area contributed by atoms with E-state index in [1.165, 1.54) is 137 Å². The molecule has 0 saturated carbocycles. The van der Waals surface area contributed by atoms with Gasteiger partial charge >= 0.3 is 23.9 Å². The summed E-state index contributed by atoms with van der Waals surface area (Å²) in [7, 11) is 0. The quantitative estimate of drug-likeness (QED) is 0.0246. The lowest BCUT2D eigenvalue weighted by Crippen LogP contribution is -2.11. The van der Waals surface area contributed by atoms with Gasteiger partial charge in [-0.1, -0.05) is 108 Å². The van der Waals surface area contributed by atoms with Crippen LogP contribution >= 0.6 is 11.8 Å². The van der Waals surface area contributed by atoms with Gasteiger partial charge in [-0.2, -0.15) is 0 Å². The number of thioether (sulfide) groups is 1. The van der Waals surface area contributed by atoms with Gasteiger partial charge in [0.15, 0.2) is 5.12 Å². The van der Waals surface area contributed by atoms with Gasteiger partial charge in [-0.05, 0) is 128 Å². The van der Waals surface area contributed by atoms with Crippen molar-refractivity contribution in [3.05, 3.63) is 144 Å². The maximum atomic E-state index is 13.0. The van der Waals surface area contributed by atoms with Gasteiger partial charge in [-0.15, -0.1) is 0 Å². The predicted molar refractivity (Wildman–Crippen MR) is 266 cm³/mol. The number of hydrogen-bond donors (Lipinski definition) is 0. The van der Waals surface area contributed by atoms with E-state index in [2.05, 4.69) is 6.92 Å². The van der Waals surface area contributed by atoms with Crippen LogP contribution in [-0.4, -0.2) is 48.0 Å². The van der Waals surface area contributed by atoms with Crippen LogP contribution in [0.25, 0.3) is 0 Å². The molecule has 5 rings (SSSR count). The fraction of sp³-hybridized carbons (Fsp3) is 0.375. The molecular formula is C56H64O11S. The number of benzene rings is 5. The molecule has 0 atom stereocenters. The van der Waals surface area contributed by atoms with E-state index >= 15 is 0 Å². The highest BCUT2D eigenvalue weighted by Gasteiger charge is 2.15. The Morgan fingerprint density at radius 1 is 0.368 bits per heavy atom. The third-order valence-corrected chi connectivity index (χ3v) is 11.8. The number of unbranched alkanes of at least 4 members (excludes halogenated alkanes) is 14. The molecule has 0 spiro atoms. The van der Waals surface area contributed by atoms with E-state index in [0.29, 0.717) is 35.8 Å². The summed E-state index contributed by atoms with van der Waals surface area (Å²) in [6, 6.07) is 31.6. The molecule has 12 heteroatoms. The molecule has 360 valence electrons. The van der Waals surface area contributed by atoms with Crippen molar-refractivity contribution >= 4 is 40.8 Å². The molecule has 0 N–H and O–H groups in total. The van der Waals surface area contributed by atoms with Crippen molar-refractivity contribution in [2.24, 2.45) is 0 Å². The Hall–Kier alpha value is -6.40. The molecule has 0 saturated heterocycles. The van der Waals surface area contributed by atoms with E-state index < -0.39 is 23.9 Å². The van der Waals surface area contributed by atoms with Crippen molar-refractivity contribution in [1.82, 2.24) is 0 Å². The van der Waals surface area contributed by atoms with Gasteiger partial charge in [0.2, 0.25) is 0 Å². The Kier molecular flexibility index (Phi) is 23.3. The number of rotatable bonds is 30. The average molecular weight is 945 g/mol. The standard InChI is InChI=1S/C56H64O11S/c1-3-4-5-6-7-10-13-16-38-62-47-30-22-43(23-31-47)53(58)64-49-34-26-45(27-35-49)55(60)66-51-20-19-21-52(41-51)67-56(61)46-28-36-50(37-29-46)65-54(59)44-24-32-48(33-25-44)63-39-17-14-11-8-9-12-15-18-40-68-42(2)57/h19-37,41H,3-18,38-40H2,1-2H3. The number of carbonyl (C=O) groups is 5. The largest absolute Gasteiger partial charge is 0.494 e. The van der Waals surface area contributed by atoms with Crippen molar-refractivity contribution in [2.75, 3.05) is 19.0 Å². The number of hydrogen-bond acceptors (Lipinski definition) is 12. The lowest BCUT2D eigenvalue weighted by Gasteiger charge is -2.09. The number of esters is 4. The second kappa shape index (κ2) is 30.1. The Labute approximate surface area is 405 Å². The maximum Gasteiger partial charge on any atom is 0.343 e. The monoisotopic (exact) mass is 944 g/mol. The molecule has 0 bridgehead atoms. The highest BCUT2D eigenvalue weighted by molar-refractivity contribution is 8.13. The minimum Gasteiger partial charge on any atom is -0.494 e. The minimum atomic E-state index is -0.668. The topological polar surface area (TPSA) is 141 Å². The molecule has 5 aromatic carbocycles. The summed E-state index contributed by atoms with van der Waals surface area (Å²) < 4.78 is 33.8. The molecule has 0 aliphatic rings. The van der Waals surface area contributed by atoms with Crippen LogP contribution < -0.4 is 28.4 Å². The molecule has 5 aromatic rings. The first kappa shape index (κ1) is 52.6. The van der Waals surface area contributed by atoms with Gasteiger partial charge < -0.3 is 28.4 Å². The molecule has 0 aliphatic heterocycles. The molecule has 0 amide bonds. The Morgan fingerprint density at radius 3 is 1.03 bits per heavy atom. The van der Waals surface area contributed by atoms with Gasteiger partial charge in [0.1, 0.15) is 34.5 Å². The number of carbonyl (C=O) groups excluding carboxylic acids is 5. The van der Waals surface area contributed by atoms with Gasteiger partial charge in [-0.3, -0.25) is 4.79 Å². The second-order valence-electron chi connectivity index (χ2n) is 16.5. The van der Waals surface area contributed by atoms with Crippen LogP contribution in [0, 0.1) is 0 Å². The Bertz CT molecular complexity index is 2310. The molecule has 0 fully saturated rings. The SMILES string of the molecule is CCCCCCCCCCOc1ccc(C(=O)Oc2ccc(C(=O)Oc3cccc(OC(=O)c4ccc(OC(=O)c5ccc(OCCCCCCCCCCSC(C)=O)cc5)cc4)c3)cc2)cc1. The molecule has 0 unspecified atom stereocenters. The normalized spacial score (nSPS) is 10.8. The Balaban J connectivity index is 0.973. The van der Waals surface area contributed by atoms with Gasteiger partial charge in [-0.25, -0.2) is 19.2 Å². The summed E-state index contributed by atoms with van der Waals surface area (Å²) in [6.07, 6.45) is 18.9. The van der Waals surface area contributed by atoms with Crippen LogP contribution in [0.5, 0.6) is 34.5 Å². The average Bonchev–Trinajstić information content (AvgIpc) is 3.34. The summed E-state index contributed by atoms with van der Waals surface area (Å²) >= 11 is 1.41. The minimum absolute atomic E-state index is 0.147. The van der Waals surface area contributed by atoms with Crippen LogP contribution in [0.1, 0.15) is 158 Å². The van der Waals surface area contributed by atoms with Crippen LogP contribution in [0.15, 0.2) is 121 Å². The second-order valence-corrected chi connectivity index (χ2v) is 17.7. The Morgan fingerprint density at radius 2 is 0.676 bits per heavy atom. The first-order valence-corrected chi connectivity index (χ1v) is 24.9. The van der Waals surface area contributed by atoms with E-state index in [9.17, 15) is 24.0 Å². The van der Waals surface area contributed by atoms with Crippen LogP contribution in [0.3, 0.4) is 0 Å². The lowest BCUT2D eigenvalue weighted by atomic mass is 10.1. The van der Waals surface area contributed by atoms with Crippen molar-refractivity contribution in [3.8, 4) is 34.5 Å². The van der Waals surface area contributed by atoms with Crippen LogP contribution in [-0.2, 0) is 4.79 Å². The zero-order valence-corrected chi connectivity index (χ0v) is 40.2. The fourth-order valence-electron chi connectivity index (χ4n) is 7.05. The smallest absolute Gasteiger partial charge is 0.343 e. The van der Waals surface area contributed by atoms with Gasteiger partial charge in [0, 0.05) is 18.7 Å². The summed E-state index contributed by atoms with van der Waals surface area (Å²) in [4.78, 5) is 62.5. The summed E-state index contributed by atoms with van der Waals surface area (Å²) in [6.45, 7) is 5.08. The maximum absolute atomic E-state index is 13.0. The van der Waals surface area contributed by atoms with Crippen LogP contribution in [0.4, 0.5) is 0 Å². The molecule has 11 nitrogen and oxygen atoms in total. The fourth-order valence-corrected chi connectivity index (χ4v) is 7.69. The molecule has 0 heterocycles. The van der Waals surface area contributed by atoms with Crippen molar-refractivity contribution in [3.63, 3.8) is 0 Å². The van der Waals surface area contributed by atoms with Crippen molar-refractivity contribution < 1.29 is 52.4 Å². The molecule has 68 heavy (non-hydrogen) atoms. The predicted octanol–water partition coefficient (Wildman–Crippen LogP) is 13.9. The third-order valence-electron chi connectivity index (χ3n) is 10.9. The highest BCUT2D eigenvalue weighted by Crippen LogP contribution is 2.24. The van der Waals surface area contributed by atoms with Gasteiger partial charge in [0.25, 0.3) is 0 Å². The molecule has 0 aliphatic carbocycles. The van der Waals surface area contributed by atoms with Crippen LogP contribution in [0.2, 0.25) is 0 Å². The van der Waals surface area contributed by atoms with E-state index in [4.69, 9.17) is 28.4 Å². The van der Waals surface area contributed by atoms with E-state index in [-0.39, 0.29) is 39.2 Å². The first-order chi connectivity index (χ1) is 33.2. The number of ether oxygens (including phenoxy) is 6. The summed E-state index contributed by atoms with van der Waals surface area (Å²) in [5.41, 5.74) is 1.14. The van der Waals surface area contributed by atoms with Crippen molar-refractivity contribution in [2.45, 2.75) is 117 Å². The van der Waals surface area contributed by atoms with E-state index in [1.807, 2.05) is 0 Å². The van der Waals surface area contributed by atoms with E-state index in [1.54, 1.807) is 73.7 Å². The third kappa shape index (κ3) is 19.8. The zero-order chi connectivity index (χ0) is 48.2. The molecule has 0 aromatic heterocycles. The zero-order valence-electron chi connectivity index (χ0n) is 39.4.